The number of para-hydroxylation sites is 1. The second-order valence-corrected chi connectivity index (χ2v) is 9.07. The lowest BCUT2D eigenvalue weighted by Gasteiger charge is -2.76. The number of quaternary nitrogens is 1. The Kier molecular flexibility index (Phi) is 2.48. The summed E-state index contributed by atoms with van der Waals surface area (Å²) in [4.78, 5) is 5.03. The molecule has 1 N–H and O–H groups in total. The van der Waals surface area contributed by atoms with E-state index in [9.17, 15) is 10.3 Å². The molecule has 0 amide bonds. The zero-order valence-electron chi connectivity index (χ0n) is 14.7. The Morgan fingerprint density at radius 1 is 1.40 bits per heavy atom. The van der Waals surface area contributed by atoms with Gasteiger partial charge >= 0.3 is 0 Å². The van der Waals surface area contributed by atoms with Crippen molar-refractivity contribution >= 4 is 11.4 Å². The number of rotatable bonds is 1. The van der Waals surface area contributed by atoms with Gasteiger partial charge < -0.3 is 19.7 Å². The standard InChI is InChI=1S/C20H24N2O3/c1-11(23)20-10-22(2,24)16-8-19(20)13-5-3-4-6-15(13)21-18(19)17-7-14(20)12(16)9-25-17/h3-6,11-12,14,16-17,23H,7-10H2,1-2H3/t11-,12-,14+,16+,17+,19-,20+,22?/m0/s1. The van der Waals surface area contributed by atoms with Crippen molar-refractivity contribution in [3.63, 3.8) is 0 Å². The highest BCUT2D eigenvalue weighted by Gasteiger charge is 2.79. The Labute approximate surface area is 147 Å². The number of ether oxygens (including phenoxy) is 1. The molecule has 0 radical (unpaired) electrons. The number of aliphatic hydroxyl groups excluding tert-OH is 1. The number of hydroxylamine groups is 3. The maximum atomic E-state index is 13.5. The van der Waals surface area contributed by atoms with Crippen molar-refractivity contribution in [1.82, 2.24) is 0 Å². The average molecular weight is 340 g/mol. The van der Waals surface area contributed by atoms with Crippen LogP contribution in [0.2, 0.25) is 0 Å². The van der Waals surface area contributed by atoms with Gasteiger partial charge in [-0.1, -0.05) is 18.2 Å². The van der Waals surface area contributed by atoms with Gasteiger partial charge in [0, 0.05) is 12.3 Å². The molecule has 1 unspecified atom stereocenters. The molecule has 2 aliphatic carbocycles. The first-order valence-corrected chi connectivity index (χ1v) is 9.46. The van der Waals surface area contributed by atoms with Crippen LogP contribution in [-0.2, 0) is 10.2 Å². The molecule has 5 fully saturated rings. The van der Waals surface area contributed by atoms with Gasteiger partial charge in [0.2, 0.25) is 0 Å². The molecule has 8 atom stereocenters. The van der Waals surface area contributed by atoms with E-state index in [2.05, 4.69) is 18.2 Å². The van der Waals surface area contributed by atoms with Crippen molar-refractivity contribution < 1.29 is 14.5 Å². The lowest BCUT2D eigenvalue weighted by Crippen LogP contribution is -2.84. The van der Waals surface area contributed by atoms with Gasteiger partial charge in [-0.15, -0.1) is 0 Å². The quantitative estimate of drug-likeness (QED) is 0.629. The van der Waals surface area contributed by atoms with Crippen molar-refractivity contribution in [3.8, 4) is 0 Å². The van der Waals surface area contributed by atoms with Crippen LogP contribution in [0.1, 0.15) is 25.3 Å². The highest BCUT2D eigenvalue weighted by molar-refractivity contribution is 6.07. The Bertz CT molecular complexity index is 819. The van der Waals surface area contributed by atoms with Crippen molar-refractivity contribution in [2.24, 2.45) is 22.2 Å². The van der Waals surface area contributed by atoms with E-state index < -0.39 is 11.5 Å². The van der Waals surface area contributed by atoms with Crippen LogP contribution in [0.4, 0.5) is 5.69 Å². The van der Waals surface area contributed by atoms with E-state index in [1.54, 1.807) is 7.05 Å². The van der Waals surface area contributed by atoms with E-state index in [-0.39, 0.29) is 28.1 Å². The van der Waals surface area contributed by atoms with Crippen LogP contribution in [0.3, 0.4) is 0 Å². The van der Waals surface area contributed by atoms with E-state index in [1.165, 1.54) is 5.56 Å². The Balaban J connectivity index is 1.72. The van der Waals surface area contributed by atoms with E-state index in [0.717, 1.165) is 24.2 Å². The average Bonchev–Trinajstić information content (AvgIpc) is 2.89. The van der Waals surface area contributed by atoms with E-state index >= 15 is 0 Å². The second-order valence-electron chi connectivity index (χ2n) is 9.07. The van der Waals surface area contributed by atoms with Crippen molar-refractivity contribution in [2.75, 3.05) is 20.2 Å². The SMILES string of the molecule is C[C@H](O)[C@@]12C[N+](C)([O-])[C@@H]3C[C@]14C(=Nc1ccccc14)[C@H]1C[C@@H]2[C@@H]3CO1. The van der Waals surface area contributed by atoms with Crippen molar-refractivity contribution in [1.29, 1.82) is 0 Å². The molecule has 4 heterocycles. The maximum absolute atomic E-state index is 13.5. The monoisotopic (exact) mass is 340 g/mol. The number of nitrogens with zero attached hydrogens (tertiary/aromatic N) is 2. The molecule has 5 bridgehead atoms. The maximum Gasteiger partial charge on any atom is 0.0968 e. The lowest BCUT2D eigenvalue weighted by molar-refractivity contribution is -0.918. The summed E-state index contributed by atoms with van der Waals surface area (Å²) >= 11 is 0. The number of fused-ring (bicyclic) bond motifs is 4. The lowest BCUT2D eigenvalue weighted by atomic mass is 9.36. The van der Waals surface area contributed by atoms with Crippen LogP contribution < -0.4 is 0 Å². The number of aliphatic imine (C=N–C) groups is 1. The van der Waals surface area contributed by atoms with Gasteiger partial charge in [-0.25, -0.2) is 0 Å². The summed E-state index contributed by atoms with van der Waals surface area (Å²) < 4.78 is 5.98. The third-order valence-electron chi connectivity index (χ3n) is 8.31. The largest absolute Gasteiger partial charge is 0.633 e. The number of benzene rings is 1. The van der Waals surface area contributed by atoms with Crippen LogP contribution in [0.15, 0.2) is 29.3 Å². The molecule has 2 saturated carbocycles. The van der Waals surface area contributed by atoms with Crippen LogP contribution in [0.25, 0.3) is 0 Å². The van der Waals surface area contributed by atoms with Crippen LogP contribution in [0.5, 0.6) is 0 Å². The van der Waals surface area contributed by atoms with Gasteiger partial charge in [0.25, 0.3) is 0 Å². The molecule has 3 saturated heterocycles. The number of hydrogen-bond acceptors (Lipinski definition) is 4. The van der Waals surface area contributed by atoms with Crippen molar-refractivity contribution in [2.45, 2.75) is 43.4 Å². The molecule has 5 heteroatoms. The molecule has 1 aromatic rings. The first kappa shape index (κ1) is 14.9. The van der Waals surface area contributed by atoms with Gasteiger partial charge in [0.1, 0.15) is 0 Å². The fourth-order valence-electron chi connectivity index (χ4n) is 7.58. The summed E-state index contributed by atoms with van der Waals surface area (Å²) in [6, 6.07) is 8.36. The highest BCUT2D eigenvalue weighted by Crippen LogP contribution is 2.72. The molecular formula is C20H24N2O3. The Hall–Kier alpha value is -1.27. The molecule has 6 aliphatic rings. The van der Waals surface area contributed by atoms with Gasteiger partial charge in [-0.3, -0.25) is 4.99 Å². The summed E-state index contributed by atoms with van der Waals surface area (Å²) in [5.74, 6) is 0.595. The predicted molar refractivity (Wildman–Crippen MR) is 93.5 cm³/mol. The second kappa shape index (κ2) is 4.17. The van der Waals surface area contributed by atoms with Gasteiger partial charge in [-0.05, 0) is 30.9 Å². The molecule has 4 aliphatic heterocycles. The fraction of sp³-hybridized carbons (Fsp3) is 0.650. The van der Waals surface area contributed by atoms with Crippen LogP contribution in [0, 0.1) is 22.5 Å². The third kappa shape index (κ3) is 1.36. The Morgan fingerprint density at radius 2 is 2.20 bits per heavy atom. The zero-order chi connectivity index (χ0) is 17.2. The highest BCUT2D eigenvalue weighted by atomic mass is 16.5. The topological polar surface area (TPSA) is 64.9 Å². The molecule has 25 heavy (non-hydrogen) atoms. The summed E-state index contributed by atoms with van der Waals surface area (Å²) in [5.41, 5.74) is 2.56. The summed E-state index contributed by atoms with van der Waals surface area (Å²) in [6.45, 7) is 3.02. The molecule has 1 spiro atoms. The van der Waals surface area contributed by atoms with Crippen molar-refractivity contribution in [3.05, 3.63) is 35.0 Å². The fourth-order valence-corrected chi connectivity index (χ4v) is 7.58. The first-order chi connectivity index (χ1) is 11.9. The molecular weight excluding hydrogens is 316 g/mol. The molecule has 7 rings (SSSR count). The van der Waals surface area contributed by atoms with Gasteiger partial charge in [0.15, 0.2) is 0 Å². The van der Waals surface area contributed by atoms with Gasteiger partial charge in [-0.2, -0.15) is 0 Å². The molecule has 5 nitrogen and oxygen atoms in total. The minimum absolute atomic E-state index is 0.0308. The minimum atomic E-state index is -0.539. The minimum Gasteiger partial charge on any atom is -0.633 e. The van der Waals surface area contributed by atoms with E-state index in [4.69, 9.17) is 9.73 Å². The first-order valence-electron chi connectivity index (χ1n) is 9.46. The Morgan fingerprint density at radius 3 is 3.00 bits per heavy atom. The number of piperidine rings is 2. The van der Waals surface area contributed by atoms with Crippen LogP contribution in [-0.4, -0.2) is 53.9 Å². The summed E-state index contributed by atoms with van der Waals surface area (Å²) in [6.07, 6.45) is 1.21. The summed E-state index contributed by atoms with van der Waals surface area (Å²) in [5, 5.41) is 24.6. The van der Waals surface area contributed by atoms with E-state index in [0.29, 0.717) is 19.1 Å². The molecule has 1 aromatic carbocycles. The summed E-state index contributed by atoms with van der Waals surface area (Å²) in [7, 11) is 1.80. The molecule has 132 valence electrons. The van der Waals surface area contributed by atoms with Crippen LogP contribution >= 0.6 is 0 Å². The third-order valence-corrected chi connectivity index (χ3v) is 8.31. The zero-order valence-corrected chi connectivity index (χ0v) is 14.7. The molecule has 0 aromatic heterocycles. The van der Waals surface area contributed by atoms with Gasteiger partial charge in [0.05, 0.1) is 60.7 Å². The number of aliphatic hydroxyl groups is 1. The predicted octanol–water partition coefficient (Wildman–Crippen LogP) is 2.14. The number of hydrogen-bond donors (Lipinski definition) is 1. The van der Waals surface area contributed by atoms with E-state index in [1.807, 2.05) is 13.0 Å². The normalized spacial score (nSPS) is 52.6. The smallest absolute Gasteiger partial charge is 0.0968 e.